The van der Waals surface area contributed by atoms with Crippen LogP contribution in [-0.2, 0) is 4.74 Å². The van der Waals surface area contributed by atoms with Gasteiger partial charge in [-0.2, -0.15) is 0 Å². The normalized spacial score (nSPS) is 11.1. The molecule has 0 atom stereocenters. The van der Waals surface area contributed by atoms with E-state index in [9.17, 15) is 4.79 Å². The number of ether oxygens (including phenoxy) is 1. The molecule has 0 spiro atoms. The average molecular weight is 270 g/mol. The number of nitrogens with zero attached hydrogens (tertiary/aromatic N) is 1. The molecule has 0 saturated heterocycles. The Balaban J connectivity index is 2.03. The third-order valence-corrected chi connectivity index (χ3v) is 2.69. The summed E-state index contributed by atoms with van der Waals surface area (Å²) in [5, 5.41) is 12.1. The number of nitrogens with two attached hydrogens (primary N) is 1. The molecule has 102 valence electrons. The third kappa shape index (κ3) is 3.35. The van der Waals surface area contributed by atoms with E-state index < -0.39 is 5.97 Å². The fourth-order valence-electron chi connectivity index (χ4n) is 1.68. The van der Waals surface area contributed by atoms with Crippen LogP contribution in [0.3, 0.4) is 0 Å². The van der Waals surface area contributed by atoms with Gasteiger partial charge in [0.25, 0.3) is 0 Å². The molecular weight excluding hydrogens is 256 g/mol. The molecule has 20 heavy (non-hydrogen) atoms. The number of nitrogen functional groups attached to an aromatic ring is 1. The van der Waals surface area contributed by atoms with Crippen molar-refractivity contribution >= 4 is 17.4 Å². The molecule has 0 saturated carbocycles. The summed E-state index contributed by atoms with van der Waals surface area (Å²) in [6, 6.07) is 15.5. The van der Waals surface area contributed by atoms with E-state index >= 15 is 0 Å². The highest BCUT2D eigenvalue weighted by molar-refractivity contribution is 6.02. The molecule has 5 nitrogen and oxygen atoms in total. The first-order valence-electron chi connectivity index (χ1n) is 5.99. The van der Waals surface area contributed by atoms with Gasteiger partial charge in [-0.15, -0.1) is 0 Å². The van der Waals surface area contributed by atoms with Crippen LogP contribution in [-0.4, -0.2) is 23.5 Å². The largest absolute Gasteiger partial charge is 0.455 e. The predicted molar refractivity (Wildman–Crippen MR) is 75.9 cm³/mol. The Bertz CT molecular complexity index is 624. The maximum absolute atomic E-state index is 11.8. The third-order valence-electron chi connectivity index (χ3n) is 2.69. The smallest absolute Gasteiger partial charge is 0.338 e. The Morgan fingerprint density at radius 1 is 1.10 bits per heavy atom. The lowest BCUT2D eigenvalue weighted by atomic mass is 10.1. The minimum atomic E-state index is -0.519. The zero-order valence-corrected chi connectivity index (χ0v) is 10.7. The number of oxime groups is 1. The second kappa shape index (κ2) is 6.38. The summed E-state index contributed by atoms with van der Waals surface area (Å²) >= 11 is 0. The van der Waals surface area contributed by atoms with Crippen LogP contribution in [0.1, 0.15) is 15.9 Å². The Kier molecular flexibility index (Phi) is 4.34. The predicted octanol–water partition coefficient (Wildman–Crippen LogP) is 2.30. The second-order valence-electron chi connectivity index (χ2n) is 4.11. The molecule has 0 bridgehead atoms. The molecule has 2 aromatic carbocycles. The van der Waals surface area contributed by atoms with Crippen LogP contribution in [0.4, 0.5) is 5.69 Å². The fraction of sp³-hybridized carbons (Fsp3) is 0.0667. The highest BCUT2D eigenvalue weighted by atomic mass is 16.5. The van der Waals surface area contributed by atoms with E-state index in [1.54, 1.807) is 42.5 Å². The Labute approximate surface area is 116 Å². The molecule has 0 unspecified atom stereocenters. The zero-order chi connectivity index (χ0) is 14.4. The Morgan fingerprint density at radius 2 is 1.80 bits per heavy atom. The van der Waals surface area contributed by atoms with Gasteiger partial charge in [0.15, 0.2) is 0 Å². The number of hydrogen-bond donors (Lipinski definition) is 2. The molecule has 0 amide bonds. The number of esters is 1. The fourth-order valence-corrected chi connectivity index (χ4v) is 1.68. The van der Waals surface area contributed by atoms with Crippen molar-refractivity contribution < 1.29 is 14.7 Å². The Hall–Kier alpha value is -2.82. The summed E-state index contributed by atoms with van der Waals surface area (Å²) in [5.74, 6) is -0.519. The van der Waals surface area contributed by atoms with Crippen LogP contribution in [0.2, 0.25) is 0 Å². The summed E-state index contributed by atoms with van der Waals surface area (Å²) < 4.78 is 5.11. The summed E-state index contributed by atoms with van der Waals surface area (Å²) in [5.41, 5.74) is 7.41. The van der Waals surface area contributed by atoms with Crippen molar-refractivity contribution in [1.82, 2.24) is 0 Å². The average Bonchev–Trinajstić information content (AvgIpc) is 2.49. The highest BCUT2D eigenvalue weighted by Crippen LogP contribution is 2.09. The molecule has 2 rings (SSSR count). The van der Waals surface area contributed by atoms with E-state index in [0.717, 1.165) is 0 Å². The minimum Gasteiger partial charge on any atom is -0.455 e. The number of anilines is 1. The van der Waals surface area contributed by atoms with Crippen molar-refractivity contribution in [2.75, 3.05) is 12.3 Å². The van der Waals surface area contributed by atoms with Gasteiger partial charge in [-0.3, -0.25) is 0 Å². The molecule has 0 aliphatic rings. The summed E-state index contributed by atoms with van der Waals surface area (Å²) in [4.78, 5) is 11.8. The van der Waals surface area contributed by atoms with Crippen molar-refractivity contribution in [3.63, 3.8) is 0 Å². The van der Waals surface area contributed by atoms with Gasteiger partial charge < -0.3 is 15.7 Å². The molecule has 0 radical (unpaired) electrons. The SMILES string of the molecule is Nc1cccc(C(=O)OC/C(=N/O)c2ccccc2)c1. The summed E-state index contributed by atoms with van der Waals surface area (Å²) in [6.45, 7) is -0.117. The lowest BCUT2D eigenvalue weighted by Crippen LogP contribution is -2.15. The minimum absolute atomic E-state index is 0.117. The lowest BCUT2D eigenvalue weighted by Gasteiger charge is -2.07. The molecule has 3 N–H and O–H groups in total. The van der Waals surface area contributed by atoms with E-state index in [0.29, 0.717) is 16.8 Å². The van der Waals surface area contributed by atoms with Crippen LogP contribution >= 0.6 is 0 Å². The first-order chi connectivity index (χ1) is 9.70. The van der Waals surface area contributed by atoms with Crippen LogP contribution in [0, 0.1) is 0 Å². The quantitative estimate of drug-likeness (QED) is 0.293. The highest BCUT2D eigenvalue weighted by Gasteiger charge is 2.11. The number of rotatable bonds is 4. The van der Waals surface area contributed by atoms with Crippen molar-refractivity contribution in [2.45, 2.75) is 0 Å². The van der Waals surface area contributed by atoms with Gasteiger partial charge in [-0.25, -0.2) is 4.79 Å². The van der Waals surface area contributed by atoms with Gasteiger partial charge in [-0.05, 0) is 18.2 Å². The monoisotopic (exact) mass is 270 g/mol. The van der Waals surface area contributed by atoms with Crippen molar-refractivity contribution in [2.24, 2.45) is 5.16 Å². The van der Waals surface area contributed by atoms with E-state index in [4.69, 9.17) is 15.7 Å². The first kappa shape index (κ1) is 13.6. The van der Waals surface area contributed by atoms with Gasteiger partial charge >= 0.3 is 5.97 Å². The van der Waals surface area contributed by atoms with Gasteiger partial charge in [0, 0.05) is 11.3 Å². The molecular formula is C15H14N2O3. The molecule has 0 aliphatic carbocycles. The standard InChI is InChI=1S/C15H14N2O3/c16-13-8-4-7-12(9-13)15(18)20-10-14(17-19)11-5-2-1-3-6-11/h1-9,19H,10,16H2/b17-14-. The number of carbonyl (C=O) groups excluding carboxylic acids is 1. The van der Waals surface area contributed by atoms with E-state index in [-0.39, 0.29) is 12.3 Å². The van der Waals surface area contributed by atoms with Gasteiger partial charge in [0.1, 0.15) is 12.3 Å². The molecule has 0 fully saturated rings. The van der Waals surface area contributed by atoms with E-state index in [2.05, 4.69) is 5.16 Å². The Morgan fingerprint density at radius 3 is 2.45 bits per heavy atom. The second-order valence-corrected chi connectivity index (χ2v) is 4.11. The molecule has 0 aliphatic heterocycles. The van der Waals surface area contributed by atoms with E-state index in [1.165, 1.54) is 6.07 Å². The van der Waals surface area contributed by atoms with Crippen molar-refractivity contribution in [3.8, 4) is 0 Å². The lowest BCUT2D eigenvalue weighted by molar-refractivity contribution is 0.0562. The van der Waals surface area contributed by atoms with Crippen LogP contribution < -0.4 is 5.73 Å². The van der Waals surface area contributed by atoms with Gasteiger partial charge in [0.05, 0.1) is 5.56 Å². The molecule has 2 aromatic rings. The number of carbonyl (C=O) groups is 1. The van der Waals surface area contributed by atoms with Crippen LogP contribution in [0.15, 0.2) is 59.8 Å². The van der Waals surface area contributed by atoms with Crippen LogP contribution in [0.5, 0.6) is 0 Å². The summed E-state index contributed by atoms with van der Waals surface area (Å²) in [6.07, 6.45) is 0. The van der Waals surface area contributed by atoms with E-state index in [1.807, 2.05) is 6.07 Å². The first-order valence-corrected chi connectivity index (χ1v) is 5.99. The van der Waals surface area contributed by atoms with Crippen molar-refractivity contribution in [3.05, 3.63) is 65.7 Å². The molecule has 0 aromatic heterocycles. The number of hydrogen-bond acceptors (Lipinski definition) is 5. The zero-order valence-electron chi connectivity index (χ0n) is 10.7. The van der Waals surface area contributed by atoms with Gasteiger partial charge in [0.2, 0.25) is 0 Å². The maximum atomic E-state index is 11.8. The maximum Gasteiger partial charge on any atom is 0.338 e. The molecule has 0 heterocycles. The number of benzene rings is 2. The van der Waals surface area contributed by atoms with Crippen molar-refractivity contribution in [1.29, 1.82) is 0 Å². The molecule has 5 heteroatoms. The van der Waals surface area contributed by atoms with Crippen LogP contribution in [0.25, 0.3) is 0 Å². The van der Waals surface area contributed by atoms with Gasteiger partial charge in [-0.1, -0.05) is 41.6 Å². The summed E-state index contributed by atoms with van der Waals surface area (Å²) in [7, 11) is 0. The topological polar surface area (TPSA) is 84.9 Å².